The lowest BCUT2D eigenvalue weighted by atomic mass is 9.91. The molecule has 1 fully saturated rings. The second-order valence-corrected chi connectivity index (χ2v) is 4.69. The molecule has 0 radical (unpaired) electrons. The highest BCUT2D eigenvalue weighted by Crippen LogP contribution is 2.36. The summed E-state index contributed by atoms with van der Waals surface area (Å²) in [7, 11) is 0. The summed E-state index contributed by atoms with van der Waals surface area (Å²) in [5.74, 6) is -0.490. The molecule has 2 unspecified atom stereocenters. The molecule has 1 aliphatic rings. The maximum absolute atomic E-state index is 13.2. The first-order valence-corrected chi connectivity index (χ1v) is 5.98. The molecule has 0 bridgehead atoms. The van der Waals surface area contributed by atoms with E-state index in [9.17, 15) is 4.39 Å². The van der Waals surface area contributed by atoms with E-state index in [2.05, 4.69) is 22.0 Å². The smallest absolute Gasteiger partial charge is 0.123 e. The molecule has 0 aromatic heterocycles. The van der Waals surface area contributed by atoms with Crippen LogP contribution in [0.25, 0.3) is 0 Å². The summed E-state index contributed by atoms with van der Waals surface area (Å²) in [5.41, 5.74) is 0.728. The van der Waals surface area contributed by atoms with Gasteiger partial charge in [0.15, 0.2) is 0 Å². The van der Waals surface area contributed by atoms with Gasteiger partial charge in [-0.2, -0.15) is 5.26 Å². The summed E-state index contributed by atoms with van der Waals surface area (Å²) < 4.78 is 19.6. The Morgan fingerprint density at radius 3 is 3.06 bits per heavy atom. The summed E-state index contributed by atoms with van der Waals surface area (Å²) >= 11 is 3.37. The number of nitrogens with zero attached hydrogens (tertiary/aromatic N) is 1. The topological polar surface area (TPSA) is 33.0 Å². The Hall–Kier alpha value is -0.920. The van der Waals surface area contributed by atoms with Crippen LogP contribution in [0.2, 0.25) is 0 Å². The Balaban J connectivity index is 2.34. The van der Waals surface area contributed by atoms with E-state index in [4.69, 9.17) is 10.00 Å². The zero-order chi connectivity index (χ0) is 11.5. The first-order valence-electron chi connectivity index (χ1n) is 5.18. The van der Waals surface area contributed by atoms with E-state index >= 15 is 0 Å². The second-order valence-electron chi connectivity index (χ2n) is 3.84. The lowest BCUT2D eigenvalue weighted by Crippen LogP contribution is -2.21. The van der Waals surface area contributed by atoms with E-state index in [1.807, 2.05) is 0 Å². The van der Waals surface area contributed by atoms with Gasteiger partial charge in [-0.05, 0) is 36.6 Å². The van der Waals surface area contributed by atoms with Gasteiger partial charge in [-0.3, -0.25) is 0 Å². The fourth-order valence-electron chi connectivity index (χ4n) is 1.95. The molecule has 2 nitrogen and oxygen atoms in total. The summed E-state index contributed by atoms with van der Waals surface area (Å²) in [6.45, 7) is 0.631. The third kappa shape index (κ3) is 2.26. The molecular weight excluding hydrogens is 273 g/mol. The highest BCUT2D eigenvalue weighted by Gasteiger charge is 2.29. The van der Waals surface area contributed by atoms with Crippen molar-refractivity contribution in [3.63, 3.8) is 0 Å². The summed E-state index contributed by atoms with van der Waals surface area (Å²) in [6, 6.07) is 6.70. The van der Waals surface area contributed by atoms with Crippen LogP contribution >= 0.6 is 15.9 Å². The minimum Gasteiger partial charge on any atom is -0.372 e. The number of nitriles is 1. The van der Waals surface area contributed by atoms with Crippen molar-refractivity contribution in [2.24, 2.45) is 5.92 Å². The summed E-state index contributed by atoms with van der Waals surface area (Å²) in [6.07, 6.45) is 1.38. The number of rotatable bonds is 1. The minimum atomic E-state index is -0.316. The molecule has 1 aliphatic heterocycles. The van der Waals surface area contributed by atoms with Gasteiger partial charge in [-0.1, -0.05) is 15.9 Å². The average Bonchev–Trinajstić information content (AvgIpc) is 2.32. The predicted molar refractivity (Wildman–Crippen MR) is 61.1 cm³/mol. The van der Waals surface area contributed by atoms with Gasteiger partial charge in [0, 0.05) is 11.1 Å². The van der Waals surface area contributed by atoms with Gasteiger partial charge in [0.2, 0.25) is 0 Å². The van der Waals surface area contributed by atoms with Crippen LogP contribution in [0.4, 0.5) is 4.39 Å². The van der Waals surface area contributed by atoms with Gasteiger partial charge in [0.05, 0.1) is 18.1 Å². The molecule has 0 aliphatic carbocycles. The molecule has 84 valence electrons. The van der Waals surface area contributed by atoms with Crippen LogP contribution in [0.3, 0.4) is 0 Å². The highest BCUT2D eigenvalue weighted by atomic mass is 79.9. The van der Waals surface area contributed by atoms with Crippen LogP contribution in [0.5, 0.6) is 0 Å². The van der Waals surface area contributed by atoms with Crippen molar-refractivity contribution < 1.29 is 9.13 Å². The van der Waals surface area contributed by atoms with Crippen LogP contribution in [0, 0.1) is 23.1 Å². The van der Waals surface area contributed by atoms with E-state index in [1.54, 1.807) is 6.07 Å². The van der Waals surface area contributed by atoms with Crippen molar-refractivity contribution in [2.45, 2.75) is 18.9 Å². The summed E-state index contributed by atoms with van der Waals surface area (Å²) in [4.78, 5) is 0. The Morgan fingerprint density at radius 2 is 2.31 bits per heavy atom. The number of halogens is 2. The van der Waals surface area contributed by atoms with Crippen molar-refractivity contribution in [2.75, 3.05) is 6.61 Å². The lowest BCUT2D eigenvalue weighted by molar-refractivity contribution is -0.0107. The highest BCUT2D eigenvalue weighted by molar-refractivity contribution is 9.10. The molecule has 0 amide bonds. The third-order valence-electron chi connectivity index (χ3n) is 2.75. The molecule has 1 heterocycles. The van der Waals surface area contributed by atoms with E-state index < -0.39 is 0 Å². The Labute approximate surface area is 102 Å². The first-order chi connectivity index (χ1) is 7.72. The monoisotopic (exact) mass is 283 g/mol. The van der Waals surface area contributed by atoms with Crippen molar-refractivity contribution in [1.82, 2.24) is 0 Å². The maximum Gasteiger partial charge on any atom is 0.123 e. The van der Waals surface area contributed by atoms with Gasteiger partial charge in [-0.25, -0.2) is 4.39 Å². The Bertz CT molecular complexity index is 430. The Morgan fingerprint density at radius 1 is 1.50 bits per heavy atom. The molecule has 1 aromatic rings. The van der Waals surface area contributed by atoms with Crippen molar-refractivity contribution in [3.05, 3.63) is 34.1 Å². The Kier molecular flexibility index (Phi) is 3.57. The van der Waals surface area contributed by atoms with Gasteiger partial charge in [0.25, 0.3) is 0 Å². The van der Waals surface area contributed by atoms with Crippen molar-refractivity contribution in [1.29, 1.82) is 5.26 Å². The standard InChI is InChI=1S/C12H11BrFNO/c13-11-4-3-9(14)6-10(11)12-8(7-15)2-1-5-16-12/h3-4,6,8,12H,1-2,5H2. The van der Waals surface area contributed by atoms with Crippen LogP contribution in [0.1, 0.15) is 24.5 Å². The van der Waals surface area contributed by atoms with Crippen LogP contribution < -0.4 is 0 Å². The quantitative estimate of drug-likeness (QED) is 0.789. The van der Waals surface area contributed by atoms with Gasteiger partial charge in [0.1, 0.15) is 5.82 Å². The molecule has 0 saturated carbocycles. The van der Waals surface area contributed by atoms with E-state index in [0.717, 1.165) is 22.9 Å². The fraction of sp³-hybridized carbons (Fsp3) is 0.417. The van der Waals surface area contributed by atoms with Gasteiger partial charge < -0.3 is 4.74 Å². The molecule has 1 saturated heterocycles. The molecule has 0 N–H and O–H groups in total. The van der Waals surface area contributed by atoms with Gasteiger partial charge in [-0.15, -0.1) is 0 Å². The van der Waals surface area contributed by atoms with E-state index in [-0.39, 0.29) is 17.8 Å². The normalized spacial score (nSPS) is 25.1. The molecule has 2 atom stereocenters. The van der Waals surface area contributed by atoms with Crippen molar-refractivity contribution >= 4 is 15.9 Å². The number of hydrogen-bond acceptors (Lipinski definition) is 2. The third-order valence-corrected chi connectivity index (χ3v) is 3.47. The SMILES string of the molecule is N#CC1CCCOC1c1cc(F)ccc1Br. The number of benzene rings is 1. The molecule has 16 heavy (non-hydrogen) atoms. The maximum atomic E-state index is 13.2. The lowest BCUT2D eigenvalue weighted by Gasteiger charge is -2.28. The summed E-state index contributed by atoms with van der Waals surface area (Å²) in [5, 5.41) is 9.04. The first kappa shape index (κ1) is 11.6. The van der Waals surface area contributed by atoms with Crippen molar-refractivity contribution in [3.8, 4) is 6.07 Å². The molecule has 2 rings (SSSR count). The fourth-order valence-corrected chi connectivity index (χ4v) is 2.42. The molecule has 1 aromatic carbocycles. The van der Waals surface area contributed by atoms with Crippen LogP contribution in [0.15, 0.2) is 22.7 Å². The largest absolute Gasteiger partial charge is 0.372 e. The zero-order valence-electron chi connectivity index (χ0n) is 8.62. The zero-order valence-corrected chi connectivity index (χ0v) is 10.2. The van der Waals surface area contributed by atoms with E-state index in [0.29, 0.717) is 6.61 Å². The second kappa shape index (κ2) is 4.94. The minimum absolute atomic E-state index is 0.188. The van der Waals surface area contributed by atoms with Gasteiger partial charge >= 0.3 is 0 Å². The number of ether oxygens (including phenoxy) is 1. The van der Waals surface area contributed by atoms with E-state index in [1.165, 1.54) is 12.1 Å². The molecule has 4 heteroatoms. The average molecular weight is 284 g/mol. The predicted octanol–water partition coefficient (Wildman–Crippen LogP) is 3.58. The number of hydrogen-bond donors (Lipinski definition) is 0. The molecular formula is C12H11BrFNO. The molecule has 0 spiro atoms. The van der Waals surface area contributed by atoms with Crippen LogP contribution in [-0.4, -0.2) is 6.61 Å². The van der Waals surface area contributed by atoms with Crippen LogP contribution in [-0.2, 0) is 4.74 Å².